The van der Waals surface area contributed by atoms with Gasteiger partial charge in [-0.2, -0.15) is 4.68 Å². The van der Waals surface area contributed by atoms with Crippen LogP contribution in [0.3, 0.4) is 0 Å². The molecular formula is C16H24N6OS. The Balaban J connectivity index is 2.12. The highest BCUT2D eigenvalue weighted by atomic mass is 32.1. The molecule has 0 spiro atoms. The Morgan fingerprint density at radius 3 is 2.67 bits per heavy atom. The smallest absolute Gasteiger partial charge is 0.234 e. The number of hydrogen-bond acceptors (Lipinski definition) is 5. The van der Waals surface area contributed by atoms with E-state index in [1.165, 1.54) is 5.56 Å². The van der Waals surface area contributed by atoms with Gasteiger partial charge >= 0.3 is 0 Å². The zero-order valence-electron chi connectivity index (χ0n) is 14.8. The number of aryl methyl sites for hydroxylation is 2. The van der Waals surface area contributed by atoms with E-state index in [1.54, 1.807) is 9.36 Å². The van der Waals surface area contributed by atoms with E-state index in [9.17, 15) is 4.79 Å². The van der Waals surface area contributed by atoms with E-state index in [0.717, 1.165) is 11.3 Å². The van der Waals surface area contributed by atoms with Crippen LogP contribution in [0.5, 0.6) is 0 Å². The molecule has 1 heterocycles. The zero-order chi connectivity index (χ0) is 17.9. The maximum Gasteiger partial charge on any atom is 0.234 e. The Morgan fingerprint density at radius 2 is 2.04 bits per heavy atom. The van der Waals surface area contributed by atoms with Gasteiger partial charge in [0.25, 0.3) is 0 Å². The molecule has 2 rings (SSSR count). The first kappa shape index (κ1) is 18.3. The Kier molecular flexibility index (Phi) is 5.84. The Morgan fingerprint density at radius 1 is 1.33 bits per heavy atom. The number of likely N-dealkylation sites (N-methyl/N-ethyl adjacent to an activating group) is 1. The van der Waals surface area contributed by atoms with Crippen LogP contribution in [-0.2, 0) is 11.5 Å². The summed E-state index contributed by atoms with van der Waals surface area (Å²) in [6, 6.07) is 6.21. The lowest BCUT2D eigenvalue weighted by atomic mass is 10.1. The van der Waals surface area contributed by atoms with Crippen LogP contribution >= 0.6 is 12.2 Å². The van der Waals surface area contributed by atoms with E-state index >= 15 is 0 Å². The van der Waals surface area contributed by atoms with E-state index in [2.05, 4.69) is 21.8 Å². The van der Waals surface area contributed by atoms with Crippen LogP contribution in [0.2, 0.25) is 0 Å². The summed E-state index contributed by atoms with van der Waals surface area (Å²) in [7, 11) is 1.85. The summed E-state index contributed by atoms with van der Waals surface area (Å²) in [5, 5.41) is 11.1. The Hall–Kier alpha value is -2.06. The monoisotopic (exact) mass is 348 g/mol. The van der Waals surface area contributed by atoms with E-state index in [1.807, 2.05) is 51.8 Å². The molecule has 0 aliphatic rings. The Labute approximate surface area is 147 Å². The molecule has 24 heavy (non-hydrogen) atoms. The van der Waals surface area contributed by atoms with Crippen LogP contribution in [0.25, 0.3) is 5.69 Å². The van der Waals surface area contributed by atoms with Gasteiger partial charge in [-0.1, -0.05) is 17.7 Å². The lowest BCUT2D eigenvalue weighted by molar-refractivity contribution is -0.122. The first-order chi connectivity index (χ1) is 11.3. The molecule has 1 aromatic carbocycles. The van der Waals surface area contributed by atoms with Crippen molar-refractivity contribution >= 4 is 18.1 Å². The fourth-order valence-corrected chi connectivity index (χ4v) is 2.68. The summed E-state index contributed by atoms with van der Waals surface area (Å²) < 4.78 is 3.75. The molecule has 1 amide bonds. The van der Waals surface area contributed by atoms with Crippen molar-refractivity contribution in [2.75, 3.05) is 13.6 Å². The van der Waals surface area contributed by atoms with Gasteiger partial charge in [-0.05, 0) is 69.0 Å². The van der Waals surface area contributed by atoms with Crippen molar-refractivity contribution in [1.29, 1.82) is 0 Å². The third kappa shape index (κ3) is 4.48. The number of rotatable bonds is 6. The fraction of sp³-hybridized carbons (Fsp3) is 0.500. The first-order valence-electron chi connectivity index (χ1n) is 7.86. The van der Waals surface area contributed by atoms with E-state index in [0.29, 0.717) is 11.4 Å². The summed E-state index contributed by atoms with van der Waals surface area (Å²) in [4.78, 5) is 13.7. The van der Waals surface area contributed by atoms with Gasteiger partial charge < -0.3 is 5.32 Å². The molecule has 0 bridgehead atoms. The molecule has 130 valence electrons. The van der Waals surface area contributed by atoms with Gasteiger partial charge in [-0.3, -0.25) is 9.69 Å². The van der Waals surface area contributed by atoms with Crippen molar-refractivity contribution in [3.05, 3.63) is 34.1 Å². The number of hydrogen-bond donors (Lipinski definition) is 1. The van der Waals surface area contributed by atoms with E-state index in [4.69, 9.17) is 12.2 Å². The lowest BCUT2D eigenvalue weighted by Crippen LogP contribution is -2.39. The van der Waals surface area contributed by atoms with Gasteiger partial charge in [-0.15, -0.1) is 0 Å². The molecular weight excluding hydrogens is 324 g/mol. The predicted molar refractivity (Wildman–Crippen MR) is 95.6 cm³/mol. The lowest BCUT2D eigenvalue weighted by Gasteiger charge is -2.16. The number of carbonyl (C=O) groups excluding carboxylic acids is 1. The first-order valence-corrected chi connectivity index (χ1v) is 8.27. The second-order valence-electron chi connectivity index (χ2n) is 6.34. The number of carbonyl (C=O) groups is 1. The summed E-state index contributed by atoms with van der Waals surface area (Å²) in [6.45, 7) is 8.61. The van der Waals surface area contributed by atoms with Crippen molar-refractivity contribution in [3.8, 4) is 5.69 Å². The molecule has 0 saturated carbocycles. The summed E-state index contributed by atoms with van der Waals surface area (Å²) in [5.41, 5.74) is 3.19. The molecule has 1 N–H and O–H groups in total. The van der Waals surface area contributed by atoms with Crippen LogP contribution in [0.15, 0.2) is 18.2 Å². The van der Waals surface area contributed by atoms with E-state index in [-0.39, 0.29) is 18.5 Å². The summed E-state index contributed by atoms with van der Waals surface area (Å²) in [6.07, 6.45) is 0. The molecule has 8 heteroatoms. The standard InChI is InChI=1S/C16H24N6OS/c1-11(2)17-15(23)9-20(5)10-21-16(24)22(19-18-21)14-7-6-12(3)8-13(14)4/h6-8,11H,9-10H2,1-5H3,(H,17,23). The molecule has 0 fully saturated rings. The summed E-state index contributed by atoms with van der Waals surface area (Å²) >= 11 is 5.48. The normalized spacial score (nSPS) is 11.3. The van der Waals surface area contributed by atoms with Crippen LogP contribution in [-0.4, -0.2) is 50.2 Å². The van der Waals surface area contributed by atoms with Gasteiger partial charge in [0.2, 0.25) is 10.7 Å². The zero-order valence-corrected chi connectivity index (χ0v) is 15.6. The summed E-state index contributed by atoms with van der Waals surface area (Å²) in [5.74, 6) is -0.0270. The van der Waals surface area contributed by atoms with Gasteiger partial charge in [-0.25, -0.2) is 4.68 Å². The van der Waals surface area contributed by atoms with Crippen molar-refractivity contribution in [1.82, 2.24) is 30.0 Å². The number of amides is 1. The third-order valence-corrected chi connectivity index (χ3v) is 3.84. The molecule has 1 aromatic heterocycles. The quantitative estimate of drug-likeness (QED) is 0.807. The van der Waals surface area contributed by atoms with Crippen molar-refractivity contribution in [2.24, 2.45) is 0 Å². The Bertz CT molecular complexity index is 779. The largest absolute Gasteiger partial charge is 0.353 e. The maximum absolute atomic E-state index is 11.8. The molecule has 0 atom stereocenters. The predicted octanol–water partition coefficient (Wildman–Crippen LogP) is 1.83. The van der Waals surface area contributed by atoms with Gasteiger partial charge in [0.15, 0.2) is 0 Å². The average Bonchev–Trinajstić information content (AvgIpc) is 2.79. The van der Waals surface area contributed by atoms with Crippen molar-refractivity contribution in [3.63, 3.8) is 0 Å². The molecule has 0 radical (unpaired) electrons. The van der Waals surface area contributed by atoms with Crippen LogP contribution in [0, 0.1) is 18.6 Å². The highest BCUT2D eigenvalue weighted by molar-refractivity contribution is 7.71. The third-order valence-electron chi connectivity index (χ3n) is 3.46. The topological polar surface area (TPSA) is 68.0 Å². The fourth-order valence-electron chi connectivity index (χ4n) is 2.45. The minimum absolute atomic E-state index is 0.0270. The number of nitrogens with one attached hydrogen (secondary N) is 1. The van der Waals surface area contributed by atoms with Gasteiger partial charge in [0.1, 0.15) is 0 Å². The highest BCUT2D eigenvalue weighted by Crippen LogP contribution is 2.14. The number of tetrazole rings is 1. The number of benzene rings is 1. The van der Waals surface area contributed by atoms with Crippen molar-refractivity contribution < 1.29 is 4.79 Å². The minimum Gasteiger partial charge on any atom is -0.353 e. The highest BCUT2D eigenvalue weighted by Gasteiger charge is 2.12. The number of aromatic nitrogens is 4. The molecule has 0 aliphatic heterocycles. The second-order valence-corrected chi connectivity index (χ2v) is 6.71. The van der Waals surface area contributed by atoms with E-state index < -0.39 is 0 Å². The molecule has 0 aliphatic carbocycles. The molecule has 0 saturated heterocycles. The van der Waals surface area contributed by atoms with Crippen LogP contribution in [0.4, 0.5) is 0 Å². The molecule has 2 aromatic rings. The van der Waals surface area contributed by atoms with Crippen LogP contribution < -0.4 is 5.32 Å². The maximum atomic E-state index is 11.8. The molecule has 0 unspecified atom stereocenters. The number of nitrogens with zero attached hydrogens (tertiary/aromatic N) is 5. The average molecular weight is 348 g/mol. The second kappa shape index (κ2) is 7.67. The van der Waals surface area contributed by atoms with Crippen molar-refractivity contribution in [2.45, 2.75) is 40.4 Å². The minimum atomic E-state index is -0.0270. The van der Waals surface area contributed by atoms with Gasteiger partial charge in [0, 0.05) is 6.04 Å². The van der Waals surface area contributed by atoms with Gasteiger partial charge in [0.05, 0.1) is 18.9 Å². The SMILES string of the molecule is Cc1ccc(-n2nnn(CN(C)CC(=O)NC(C)C)c2=S)c(C)c1. The molecule has 7 nitrogen and oxygen atoms in total. The van der Waals surface area contributed by atoms with Crippen LogP contribution in [0.1, 0.15) is 25.0 Å².